The molecule has 0 unspecified atom stereocenters. The Morgan fingerprint density at radius 3 is 2.65 bits per heavy atom. The zero-order valence-corrected chi connectivity index (χ0v) is 20.3. The summed E-state index contributed by atoms with van der Waals surface area (Å²) in [5.41, 5.74) is 1.70. The first-order valence-corrected chi connectivity index (χ1v) is 12.4. The van der Waals surface area contributed by atoms with Crippen LogP contribution in [0.4, 0.5) is 10.1 Å². The van der Waals surface area contributed by atoms with E-state index in [1.54, 1.807) is 30.5 Å². The number of nitrogens with zero attached hydrogens (tertiary/aromatic N) is 3. The average molecular weight is 499 g/mol. The summed E-state index contributed by atoms with van der Waals surface area (Å²) in [6.07, 6.45) is 7.02. The van der Waals surface area contributed by atoms with E-state index >= 15 is 0 Å². The Bertz CT molecular complexity index is 1490. The number of hydrogen-bond acceptors (Lipinski definition) is 5. The van der Waals surface area contributed by atoms with Crippen molar-refractivity contribution in [3.05, 3.63) is 100 Å². The largest absolute Gasteiger partial charge is 0.484 e. The van der Waals surface area contributed by atoms with Crippen LogP contribution in [0.25, 0.3) is 10.9 Å². The van der Waals surface area contributed by atoms with Gasteiger partial charge in [-0.1, -0.05) is 43.5 Å². The molecule has 7 nitrogen and oxygen atoms in total. The lowest BCUT2D eigenvalue weighted by Gasteiger charge is -2.22. The molecule has 1 fully saturated rings. The lowest BCUT2D eigenvalue weighted by Crippen LogP contribution is -2.25. The van der Waals surface area contributed by atoms with Gasteiger partial charge in [0.2, 0.25) is 0 Å². The molecule has 37 heavy (non-hydrogen) atoms. The monoisotopic (exact) mass is 498 g/mol. The van der Waals surface area contributed by atoms with Crippen molar-refractivity contribution in [1.29, 1.82) is 0 Å². The highest BCUT2D eigenvalue weighted by molar-refractivity contribution is 5.91. The third-order valence-corrected chi connectivity index (χ3v) is 6.43. The van der Waals surface area contributed by atoms with Gasteiger partial charge in [-0.2, -0.15) is 9.78 Å². The molecule has 0 bridgehead atoms. The van der Waals surface area contributed by atoms with Gasteiger partial charge in [0.25, 0.3) is 11.5 Å². The molecule has 1 aliphatic carbocycles. The van der Waals surface area contributed by atoms with Crippen molar-refractivity contribution in [1.82, 2.24) is 9.66 Å². The first kappa shape index (κ1) is 24.4. The predicted octanol–water partition coefficient (Wildman–Crippen LogP) is 5.48. The molecule has 5 rings (SSSR count). The van der Waals surface area contributed by atoms with Crippen LogP contribution in [-0.2, 0) is 4.79 Å². The summed E-state index contributed by atoms with van der Waals surface area (Å²) in [7, 11) is 0. The Hall–Kier alpha value is -4.33. The van der Waals surface area contributed by atoms with Crippen LogP contribution in [-0.4, -0.2) is 28.4 Å². The highest BCUT2D eigenvalue weighted by atomic mass is 19.1. The van der Waals surface area contributed by atoms with Crippen LogP contribution < -0.4 is 15.6 Å². The van der Waals surface area contributed by atoms with Crippen LogP contribution >= 0.6 is 0 Å². The van der Waals surface area contributed by atoms with Gasteiger partial charge < -0.3 is 10.1 Å². The van der Waals surface area contributed by atoms with Crippen molar-refractivity contribution in [2.45, 2.75) is 38.0 Å². The number of carbonyl (C=O) groups is 1. The highest BCUT2D eigenvalue weighted by Gasteiger charge is 2.22. The topological polar surface area (TPSA) is 85.6 Å². The zero-order valence-electron chi connectivity index (χ0n) is 20.3. The minimum absolute atomic E-state index is 0.188. The molecule has 0 atom stereocenters. The number of benzene rings is 3. The van der Waals surface area contributed by atoms with E-state index in [2.05, 4.69) is 10.4 Å². The third kappa shape index (κ3) is 5.91. The van der Waals surface area contributed by atoms with Crippen molar-refractivity contribution in [2.75, 3.05) is 11.9 Å². The molecule has 1 aromatic heterocycles. The summed E-state index contributed by atoms with van der Waals surface area (Å²) in [5.74, 6) is 0.633. The van der Waals surface area contributed by atoms with Gasteiger partial charge in [0.05, 0.1) is 17.1 Å². The number of halogens is 1. The minimum Gasteiger partial charge on any atom is -0.484 e. The van der Waals surface area contributed by atoms with Gasteiger partial charge in [0.1, 0.15) is 17.4 Å². The van der Waals surface area contributed by atoms with Gasteiger partial charge in [0, 0.05) is 11.6 Å². The summed E-state index contributed by atoms with van der Waals surface area (Å²) >= 11 is 0. The van der Waals surface area contributed by atoms with E-state index < -0.39 is 0 Å². The fourth-order valence-corrected chi connectivity index (χ4v) is 4.57. The number of para-hydroxylation sites is 1. The van der Waals surface area contributed by atoms with Crippen LogP contribution in [0.2, 0.25) is 0 Å². The molecule has 0 radical (unpaired) electrons. The SMILES string of the molecule is O=C(COc1cccc(C=Nn2c(C3CCCCC3)nc3ccccc3c2=O)c1)Nc1ccc(F)cc1. The molecule has 1 amide bonds. The van der Waals surface area contributed by atoms with Crippen LogP contribution in [0.5, 0.6) is 5.75 Å². The fourth-order valence-electron chi connectivity index (χ4n) is 4.57. The lowest BCUT2D eigenvalue weighted by molar-refractivity contribution is -0.118. The molecule has 188 valence electrons. The molecule has 3 aromatic carbocycles. The van der Waals surface area contributed by atoms with E-state index in [0.717, 1.165) is 25.7 Å². The van der Waals surface area contributed by atoms with Crippen molar-refractivity contribution in [2.24, 2.45) is 5.10 Å². The number of amides is 1. The number of rotatable bonds is 7. The minimum atomic E-state index is -0.375. The molecule has 0 saturated heterocycles. The van der Waals surface area contributed by atoms with E-state index in [9.17, 15) is 14.0 Å². The molecular formula is C29H27FN4O3. The van der Waals surface area contributed by atoms with Crippen LogP contribution in [0, 0.1) is 5.82 Å². The number of hydrogen-bond donors (Lipinski definition) is 1. The predicted molar refractivity (Wildman–Crippen MR) is 142 cm³/mol. The molecule has 1 saturated carbocycles. The number of nitrogens with one attached hydrogen (secondary N) is 1. The van der Waals surface area contributed by atoms with Crippen molar-refractivity contribution in [3.63, 3.8) is 0 Å². The van der Waals surface area contributed by atoms with Crippen molar-refractivity contribution in [3.8, 4) is 5.75 Å². The van der Waals surface area contributed by atoms with Crippen LogP contribution in [0.3, 0.4) is 0 Å². The van der Waals surface area contributed by atoms with E-state index in [1.807, 2.05) is 24.3 Å². The Morgan fingerprint density at radius 1 is 1.05 bits per heavy atom. The molecule has 1 N–H and O–H groups in total. The van der Waals surface area contributed by atoms with Gasteiger partial charge in [-0.3, -0.25) is 9.59 Å². The first-order chi connectivity index (χ1) is 18.1. The van der Waals surface area contributed by atoms with E-state index in [-0.39, 0.29) is 29.8 Å². The molecular weight excluding hydrogens is 471 g/mol. The van der Waals surface area contributed by atoms with Gasteiger partial charge in [-0.25, -0.2) is 9.37 Å². The second kappa shape index (κ2) is 11.2. The van der Waals surface area contributed by atoms with E-state index in [4.69, 9.17) is 9.72 Å². The number of fused-ring (bicyclic) bond motifs is 1. The van der Waals surface area contributed by atoms with Crippen LogP contribution in [0.15, 0.2) is 82.7 Å². The average Bonchev–Trinajstić information content (AvgIpc) is 2.93. The number of anilines is 1. The second-order valence-electron chi connectivity index (χ2n) is 9.10. The third-order valence-electron chi connectivity index (χ3n) is 6.43. The van der Waals surface area contributed by atoms with Gasteiger partial charge in [0.15, 0.2) is 6.61 Å². The summed E-state index contributed by atoms with van der Waals surface area (Å²) in [6.45, 7) is -0.210. The quantitative estimate of drug-likeness (QED) is 0.342. The highest BCUT2D eigenvalue weighted by Crippen LogP contribution is 2.31. The van der Waals surface area contributed by atoms with Gasteiger partial charge in [-0.05, 0) is 66.9 Å². The van der Waals surface area contributed by atoms with Gasteiger partial charge in [-0.15, -0.1) is 0 Å². The maximum Gasteiger partial charge on any atom is 0.282 e. The van der Waals surface area contributed by atoms with E-state index in [1.165, 1.54) is 35.4 Å². The molecule has 1 aliphatic rings. The molecule has 0 aliphatic heterocycles. The smallest absolute Gasteiger partial charge is 0.282 e. The molecule has 1 heterocycles. The van der Waals surface area contributed by atoms with Gasteiger partial charge >= 0.3 is 0 Å². The Labute approximate surface area is 213 Å². The Morgan fingerprint density at radius 2 is 1.84 bits per heavy atom. The summed E-state index contributed by atoms with van der Waals surface area (Å²) in [5, 5.41) is 7.74. The lowest BCUT2D eigenvalue weighted by atomic mass is 9.88. The van der Waals surface area contributed by atoms with Crippen molar-refractivity contribution < 1.29 is 13.9 Å². The number of aromatic nitrogens is 2. The Kier molecular flexibility index (Phi) is 7.35. The van der Waals surface area contributed by atoms with E-state index in [0.29, 0.717) is 33.7 Å². The fraction of sp³-hybridized carbons (Fsp3) is 0.241. The van der Waals surface area contributed by atoms with Crippen LogP contribution in [0.1, 0.15) is 49.4 Å². The summed E-state index contributed by atoms with van der Waals surface area (Å²) in [4.78, 5) is 30.4. The standard InChI is InChI=1S/C29H27FN4O3/c30-22-13-15-23(16-14-22)32-27(35)19-37-24-10-6-7-20(17-24)18-31-34-28(21-8-2-1-3-9-21)33-26-12-5-4-11-25(26)29(34)36/h4-7,10-18,21H,1-3,8-9,19H2,(H,32,35). The zero-order chi connectivity index (χ0) is 25.6. The molecule has 8 heteroatoms. The number of ether oxygens (including phenoxy) is 1. The summed E-state index contributed by atoms with van der Waals surface area (Å²) < 4.78 is 20.1. The maximum atomic E-state index is 13.3. The normalized spacial score (nSPS) is 14.2. The summed E-state index contributed by atoms with van der Waals surface area (Å²) in [6, 6.07) is 20.0. The van der Waals surface area contributed by atoms with Crippen molar-refractivity contribution >= 4 is 28.7 Å². The maximum absolute atomic E-state index is 13.3. The Balaban J connectivity index is 1.34. The molecule has 4 aromatic rings. The number of carbonyl (C=O) groups excluding carboxylic acids is 1. The second-order valence-corrected chi connectivity index (χ2v) is 9.10. The first-order valence-electron chi connectivity index (χ1n) is 12.4. The molecule has 0 spiro atoms.